The molecule has 0 saturated heterocycles. The maximum atomic E-state index is 4.23. The number of nitrogens with zero attached hydrogens (tertiary/aromatic N) is 2. The Morgan fingerprint density at radius 1 is 1.25 bits per heavy atom. The molecule has 0 unspecified atom stereocenters. The summed E-state index contributed by atoms with van der Waals surface area (Å²) in [5.41, 5.74) is 2.39. The third-order valence-electron chi connectivity index (χ3n) is 1.96. The van der Waals surface area contributed by atoms with Gasteiger partial charge >= 0.3 is 0 Å². The Morgan fingerprint density at radius 2 is 2.00 bits per heavy atom. The molecule has 0 amide bonds. The summed E-state index contributed by atoms with van der Waals surface area (Å²) < 4.78 is 0. The predicted molar refractivity (Wildman–Crippen MR) is 50.3 cm³/mol. The minimum atomic E-state index is 0.962. The van der Waals surface area contributed by atoms with Crippen molar-refractivity contribution in [3.05, 3.63) is 17.6 Å². The first-order chi connectivity index (χ1) is 5.83. The molecule has 0 radical (unpaired) electrons. The average Bonchev–Trinajstić information content (AvgIpc) is 2.16. The Kier molecular flexibility index (Phi) is 3.02. The molecule has 12 heavy (non-hydrogen) atoms. The Bertz CT molecular complexity index is 236. The summed E-state index contributed by atoms with van der Waals surface area (Å²) in [5, 5.41) is 3.07. The van der Waals surface area contributed by atoms with Gasteiger partial charge in [-0.1, -0.05) is 13.8 Å². The van der Waals surface area contributed by atoms with Crippen molar-refractivity contribution in [2.24, 2.45) is 0 Å². The van der Waals surface area contributed by atoms with Gasteiger partial charge < -0.3 is 5.32 Å². The first-order valence-corrected chi connectivity index (χ1v) is 4.33. The molecule has 0 aliphatic heterocycles. The first-order valence-electron chi connectivity index (χ1n) is 4.33. The summed E-state index contributed by atoms with van der Waals surface area (Å²) in [6, 6.07) is 0. The van der Waals surface area contributed by atoms with Crippen LogP contribution in [0.4, 0.5) is 5.82 Å². The van der Waals surface area contributed by atoms with E-state index in [2.05, 4.69) is 29.1 Å². The lowest BCUT2D eigenvalue weighted by atomic mass is 10.1. The number of hydrogen-bond acceptors (Lipinski definition) is 3. The van der Waals surface area contributed by atoms with Gasteiger partial charge in [0.1, 0.15) is 12.1 Å². The summed E-state index contributed by atoms with van der Waals surface area (Å²) in [6.45, 7) is 4.24. The molecule has 0 bridgehead atoms. The van der Waals surface area contributed by atoms with Crippen molar-refractivity contribution in [1.29, 1.82) is 0 Å². The molecule has 0 atom stereocenters. The molecule has 1 aromatic heterocycles. The van der Waals surface area contributed by atoms with Crippen molar-refractivity contribution in [1.82, 2.24) is 9.97 Å². The van der Waals surface area contributed by atoms with E-state index >= 15 is 0 Å². The SMILES string of the molecule is CCc1ncnc(NC)c1CC. The van der Waals surface area contributed by atoms with E-state index < -0.39 is 0 Å². The van der Waals surface area contributed by atoms with Gasteiger partial charge in [-0.3, -0.25) is 0 Å². The van der Waals surface area contributed by atoms with Crippen LogP contribution in [-0.4, -0.2) is 17.0 Å². The zero-order valence-electron chi connectivity index (χ0n) is 7.89. The van der Waals surface area contributed by atoms with Crippen LogP contribution in [0.25, 0.3) is 0 Å². The number of aryl methyl sites for hydroxylation is 1. The quantitative estimate of drug-likeness (QED) is 0.740. The molecule has 0 aliphatic rings. The van der Waals surface area contributed by atoms with Crippen LogP contribution in [0.2, 0.25) is 0 Å². The van der Waals surface area contributed by atoms with E-state index in [9.17, 15) is 0 Å². The van der Waals surface area contributed by atoms with Crippen LogP contribution in [0, 0.1) is 0 Å². The predicted octanol–water partition coefficient (Wildman–Crippen LogP) is 1.64. The van der Waals surface area contributed by atoms with Crippen LogP contribution in [0.5, 0.6) is 0 Å². The van der Waals surface area contributed by atoms with Crippen molar-refractivity contribution < 1.29 is 0 Å². The Hall–Kier alpha value is -1.12. The van der Waals surface area contributed by atoms with Crippen molar-refractivity contribution >= 4 is 5.82 Å². The zero-order valence-corrected chi connectivity index (χ0v) is 7.89. The third-order valence-corrected chi connectivity index (χ3v) is 1.96. The molecule has 1 aromatic rings. The molecule has 1 rings (SSSR count). The van der Waals surface area contributed by atoms with Crippen molar-refractivity contribution in [2.45, 2.75) is 26.7 Å². The minimum absolute atomic E-state index is 0.962. The van der Waals surface area contributed by atoms with Crippen LogP contribution in [0.15, 0.2) is 6.33 Å². The summed E-state index contributed by atoms with van der Waals surface area (Å²) in [4.78, 5) is 8.38. The fourth-order valence-corrected chi connectivity index (χ4v) is 1.34. The molecule has 0 spiro atoms. The van der Waals surface area contributed by atoms with E-state index in [0.29, 0.717) is 0 Å². The van der Waals surface area contributed by atoms with Gasteiger partial charge in [-0.25, -0.2) is 9.97 Å². The maximum absolute atomic E-state index is 4.23. The lowest BCUT2D eigenvalue weighted by Crippen LogP contribution is -2.03. The van der Waals surface area contributed by atoms with Gasteiger partial charge in [0.2, 0.25) is 0 Å². The normalized spacial score (nSPS) is 9.92. The van der Waals surface area contributed by atoms with Crippen molar-refractivity contribution in [2.75, 3.05) is 12.4 Å². The van der Waals surface area contributed by atoms with Crippen LogP contribution in [-0.2, 0) is 12.8 Å². The second kappa shape index (κ2) is 4.04. The Labute approximate surface area is 73.2 Å². The van der Waals surface area contributed by atoms with Crippen LogP contribution >= 0.6 is 0 Å². The fourth-order valence-electron chi connectivity index (χ4n) is 1.34. The average molecular weight is 165 g/mol. The van der Waals surface area contributed by atoms with Gasteiger partial charge in [-0.15, -0.1) is 0 Å². The summed E-state index contributed by atoms with van der Waals surface area (Å²) >= 11 is 0. The van der Waals surface area contributed by atoms with E-state index in [1.807, 2.05) is 7.05 Å². The number of rotatable bonds is 3. The van der Waals surface area contributed by atoms with E-state index in [-0.39, 0.29) is 0 Å². The lowest BCUT2D eigenvalue weighted by molar-refractivity contribution is 0.932. The monoisotopic (exact) mass is 165 g/mol. The number of anilines is 1. The molecule has 1 heterocycles. The summed E-state index contributed by atoms with van der Waals surface area (Å²) in [7, 11) is 1.89. The molecule has 3 heteroatoms. The van der Waals surface area contributed by atoms with Gasteiger partial charge in [0.05, 0.1) is 0 Å². The Balaban J connectivity index is 3.13. The number of nitrogens with one attached hydrogen (secondary N) is 1. The van der Waals surface area contributed by atoms with Gasteiger partial charge in [0, 0.05) is 18.3 Å². The smallest absolute Gasteiger partial charge is 0.132 e. The first kappa shape index (κ1) is 8.97. The van der Waals surface area contributed by atoms with Crippen LogP contribution in [0.1, 0.15) is 25.1 Å². The van der Waals surface area contributed by atoms with Gasteiger partial charge in [-0.05, 0) is 12.8 Å². The standard InChI is InChI=1S/C9H15N3/c1-4-7-8(5-2)11-6-12-9(7)10-3/h6H,4-5H2,1-3H3,(H,10,11,12). The zero-order chi connectivity index (χ0) is 8.97. The molecular weight excluding hydrogens is 150 g/mol. The lowest BCUT2D eigenvalue weighted by Gasteiger charge is -2.08. The Morgan fingerprint density at radius 3 is 2.50 bits per heavy atom. The van der Waals surface area contributed by atoms with E-state index in [0.717, 1.165) is 24.4 Å². The van der Waals surface area contributed by atoms with Gasteiger partial charge in [-0.2, -0.15) is 0 Å². The van der Waals surface area contributed by atoms with E-state index in [1.54, 1.807) is 6.33 Å². The number of aromatic nitrogens is 2. The molecular formula is C9H15N3. The van der Waals surface area contributed by atoms with E-state index in [4.69, 9.17) is 0 Å². The van der Waals surface area contributed by atoms with Gasteiger partial charge in [0.25, 0.3) is 0 Å². The number of hydrogen-bond donors (Lipinski definition) is 1. The van der Waals surface area contributed by atoms with Crippen LogP contribution in [0.3, 0.4) is 0 Å². The molecule has 0 fully saturated rings. The molecule has 3 nitrogen and oxygen atoms in total. The minimum Gasteiger partial charge on any atom is -0.373 e. The molecule has 0 aliphatic carbocycles. The third kappa shape index (κ3) is 1.55. The van der Waals surface area contributed by atoms with Crippen molar-refractivity contribution in [3.8, 4) is 0 Å². The molecule has 66 valence electrons. The molecule has 0 aromatic carbocycles. The highest BCUT2D eigenvalue weighted by atomic mass is 15.0. The second-order valence-electron chi connectivity index (χ2n) is 2.60. The van der Waals surface area contributed by atoms with Crippen molar-refractivity contribution in [3.63, 3.8) is 0 Å². The van der Waals surface area contributed by atoms with Crippen LogP contribution < -0.4 is 5.32 Å². The summed E-state index contributed by atoms with van der Waals surface area (Å²) in [5.74, 6) is 0.962. The second-order valence-corrected chi connectivity index (χ2v) is 2.60. The highest BCUT2D eigenvalue weighted by Crippen LogP contribution is 2.15. The topological polar surface area (TPSA) is 37.8 Å². The largest absolute Gasteiger partial charge is 0.373 e. The molecule has 0 saturated carbocycles. The molecule has 1 N–H and O–H groups in total. The summed E-state index contributed by atoms with van der Waals surface area (Å²) in [6.07, 6.45) is 3.57. The van der Waals surface area contributed by atoms with Gasteiger partial charge in [0.15, 0.2) is 0 Å². The maximum Gasteiger partial charge on any atom is 0.132 e. The highest BCUT2D eigenvalue weighted by molar-refractivity contribution is 5.45. The fraction of sp³-hybridized carbons (Fsp3) is 0.556. The highest BCUT2D eigenvalue weighted by Gasteiger charge is 2.05. The van der Waals surface area contributed by atoms with E-state index in [1.165, 1.54) is 5.56 Å².